The second-order valence-electron chi connectivity index (χ2n) is 4.38. The number of rotatable bonds is 6. The van der Waals surface area contributed by atoms with Crippen LogP contribution in [0.2, 0.25) is 5.02 Å². The monoisotopic (exact) mass is 304 g/mol. The molecule has 1 aromatic carbocycles. The van der Waals surface area contributed by atoms with Gasteiger partial charge < -0.3 is 15.4 Å². The minimum absolute atomic E-state index is 0. The van der Waals surface area contributed by atoms with Gasteiger partial charge in [0.1, 0.15) is 5.75 Å². The number of carbonyl (C=O) groups excluding carboxylic acids is 1. The molecule has 1 aliphatic rings. The van der Waals surface area contributed by atoms with Crippen molar-refractivity contribution in [2.45, 2.75) is 6.42 Å². The highest BCUT2D eigenvalue weighted by atomic mass is 35.5. The molecule has 0 unspecified atom stereocenters. The number of hydrogen-bond donors (Lipinski definition) is 2. The fourth-order valence-corrected chi connectivity index (χ4v) is 1.76. The van der Waals surface area contributed by atoms with E-state index in [-0.39, 0.29) is 18.3 Å². The first kappa shape index (κ1) is 16.1. The van der Waals surface area contributed by atoms with E-state index < -0.39 is 0 Å². The highest BCUT2D eigenvalue weighted by Crippen LogP contribution is 2.15. The molecule has 0 bridgehead atoms. The highest BCUT2D eigenvalue weighted by molar-refractivity contribution is 6.30. The Bertz CT molecular complexity index is 394. The van der Waals surface area contributed by atoms with E-state index in [2.05, 4.69) is 10.6 Å². The minimum atomic E-state index is 0. The quantitative estimate of drug-likeness (QED) is 0.843. The zero-order valence-electron chi connectivity index (χ0n) is 10.5. The van der Waals surface area contributed by atoms with Crippen LogP contribution < -0.4 is 15.4 Å². The molecular formula is C13H18Cl2N2O2. The number of carbonyl (C=O) groups is 1. The van der Waals surface area contributed by atoms with E-state index in [1.165, 1.54) is 0 Å². The summed E-state index contributed by atoms with van der Waals surface area (Å²) in [6, 6.07) is 7.11. The van der Waals surface area contributed by atoms with Gasteiger partial charge in [-0.25, -0.2) is 0 Å². The van der Waals surface area contributed by atoms with Crippen LogP contribution in [0, 0.1) is 5.92 Å². The van der Waals surface area contributed by atoms with Crippen molar-refractivity contribution < 1.29 is 9.53 Å². The van der Waals surface area contributed by atoms with Crippen molar-refractivity contribution in [3.63, 3.8) is 0 Å². The summed E-state index contributed by atoms with van der Waals surface area (Å²) < 4.78 is 5.45. The predicted molar refractivity (Wildman–Crippen MR) is 78.2 cm³/mol. The Morgan fingerprint density at radius 1 is 1.37 bits per heavy atom. The van der Waals surface area contributed by atoms with Gasteiger partial charge in [-0.2, -0.15) is 0 Å². The SMILES string of the molecule is Cl.O=C(CCOc1ccc(Cl)cc1)NCC1CNC1. The average molecular weight is 305 g/mol. The van der Waals surface area contributed by atoms with E-state index in [1.54, 1.807) is 24.3 Å². The van der Waals surface area contributed by atoms with E-state index in [1.807, 2.05) is 0 Å². The van der Waals surface area contributed by atoms with Crippen LogP contribution in [0.5, 0.6) is 5.75 Å². The normalized spacial score (nSPS) is 14.2. The summed E-state index contributed by atoms with van der Waals surface area (Å²) in [5, 5.41) is 6.74. The molecule has 0 radical (unpaired) electrons. The lowest BCUT2D eigenvalue weighted by molar-refractivity contribution is -0.121. The smallest absolute Gasteiger partial charge is 0.223 e. The molecule has 4 nitrogen and oxygen atoms in total. The van der Waals surface area contributed by atoms with E-state index >= 15 is 0 Å². The van der Waals surface area contributed by atoms with Crippen molar-refractivity contribution in [2.24, 2.45) is 5.92 Å². The molecule has 0 atom stereocenters. The summed E-state index contributed by atoms with van der Waals surface area (Å²) in [6.07, 6.45) is 0.378. The van der Waals surface area contributed by atoms with Crippen LogP contribution in [0.3, 0.4) is 0 Å². The zero-order chi connectivity index (χ0) is 12.8. The molecule has 1 aromatic rings. The summed E-state index contributed by atoms with van der Waals surface area (Å²) in [4.78, 5) is 11.5. The van der Waals surface area contributed by atoms with Gasteiger partial charge in [0.05, 0.1) is 13.0 Å². The second-order valence-corrected chi connectivity index (χ2v) is 4.82. The van der Waals surface area contributed by atoms with E-state index in [9.17, 15) is 4.79 Å². The Balaban J connectivity index is 0.00000180. The summed E-state index contributed by atoms with van der Waals surface area (Å²) >= 11 is 5.76. The van der Waals surface area contributed by atoms with Crippen molar-refractivity contribution in [2.75, 3.05) is 26.2 Å². The van der Waals surface area contributed by atoms with Gasteiger partial charge in [0.2, 0.25) is 5.91 Å². The fourth-order valence-electron chi connectivity index (χ4n) is 1.63. The molecule has 0 aliphatic carbocycles. The van der Waals surface area contributed by atoms with Gasteiger partial charge in [-0.15, -0.1) is 12.4 Å². The number of nitrogens with one attached hydrogen (secondary N) is 2. The van der Waals surface area contributed by atoms with Crippen LogP contribution >= 0.6 is 24.0 Å². The van der Waals surface area contributed by atoms with Crippen LogP contribution in [-0.2, 0) is 4.79 Å². The number of benzene rings is 1. The molecule has 2 rings (SSSR count). The third-order valence-corrected chi connectivity index (χ3v) is 3.12. The first-order valence-corrected chi connectivity index (χ1v) is 6.47. The van der Waals surface area contributed by atoms with Gasteiger partial charge in [-0.3, -0.25) is 4.79 Å². The third-order valence-electron chi connectivity index (χ3n) is 2.87. The Morgan fingerprint density at radius 3 is 2.63 bits per heavy atom. The maximum absolute atomic E-state index is 11.5. The van der Waals surface area contributed by atoms with E-state index in [4.69, 9.17) is 16.3 Å². The molecule has 0 aromatic heterocycles. The Kier molecular flexibility index (Phi) is 6.99. The van der Waals surface area contributed by atoms with E-state index in [0.29, 0.717) is 24.0 Å². The summed E-state index contributed by atoms with van der Waals surface area (Å²) in [7, 11) is 0. The Hall–Kier alpha value is -0.970. The topological polar surface area (TPSA) is 50.4 Å². The number of ether oxygens (including phenoxy) is 1. The van der Waals surface area contributed by atoms with Crippen molar-refractivity contribution in [3.05, 3.63) is 29.3 Å². The van der Waals surface area contributed by atoms with Crippen molar-refractivity contribution in [1.29, 1.82) is 0 Å². The molecule has 0 spiro atoms. The number of halogens is 2. The van der Waals surface area contributed by atoms with E-state index in [0.717, 1.165) is 25.4 Å². The highest BCUT2D eigenvalue weighted by Gasteiger charge is 2.16. The van der Waals surface area contributed by atoms with Gasteiger partial charge in [-0.1, -0.05) is 11.6 Å². The first-order valence-electron chi connectivity index (χ1n) is 6.10. The molecular weight excluding hydrogens is 287 g/mol. The molecule has 1 heterocycles. The molecule has 1 amide bonds. The lowest BCUT2D eigenvalue weighted by atomic mass is 10.0. The molecule has 6 heteroatoms. The number of hydrogen-bond acceptors (Lipinski definition) is 3. The molecule has 1 saturated heterocycles. The third kappa shape index (κ3) is 5.68. The molecule has 106 valence electrons. The standard InChI is InChI=1S/C13H17ClN2O2.ClH/c14-11-1-3-12(4-2-11)18-6-5-13(17)16-9-10-7-15-8-10;/h1-4,10,15H,5-9H2,(H,16,17);1H. The molecule has 0 saturated carbocycles. The summed E-state index contributed by atoms with van der Waals surface area (Å²) in [5.41, 5.74) is 0. The Labute approximate surface area is 124 Å². The van der Waals surface area contributed by atoms with Gasteiger partial charge in [0, 0.05) is 30.6 Å². The first-order chi connectivity index (χ1) is 8.74. The largest absolute Gasteiger partial charge is 0.493 e. The average Bonchev–Trinajstić information content (AvgIpc) is 2.30. The molecule has 2 N–H and O–H groups in total. The van der Waals surface area contributed by atoms with Crippen molar-refractivity contribution in [3.8, 4) is 5.75 Å². The van der Waals surface area contributed by atoms with Crippen LogP contribution in [0.25, 0.3) is 0 Å². The Morgan fingerprint density at radius 2 is 2.05 bits per heavy atom. The lowest BCUT2D eigenvalue weighted by Crippen LogP contribution is -2.48. The maximum Gasteiger partial charge on any atom is 0.223 e. The molecule has 1 aliphatic heterocycles. The fraction of sp³-hybridized carbons (Fsp3) is 0.462. The minimum Gasteiger partial charge on any atom is -0.493 e. The van der Waals surface area contributed by atoms with Crippen LogP contribution in [0.1, 0.15) is 6.42 Å². The second kappa shape index (κ2) is 8.25. The zero-order valence-corrected chi connectivity index (χ0v) is 12.1. The summed E-state index contributed by atoms with van der Waals surface area (Å²) in [5.74, 6) is 1.36. The maximum atomic E-state index is 11.5. The molecule has 19 heavy (non-hydrogen) atoms. The summed E-state index contributed by atoms with van der Waals surface area (Å²) in [6.45, 7) is 3.15. The van der Waals surface area contributed by atoms with Crippen LogP contribution in [-0.4, -0.2) is 32.1 Å². The van der Waals surface area contributed by atoms with Gasteiger partial charge in [-0.05, 0) is 24.3 Å². The van der Waals surface area contributed by atoms with Crippen molar-refractivity contribution in [1.82, 2.24) is 10.6 Å². The molecule has 1 fully saturated rings. The van der Waals surface area contributed by atoms with Gasteiger partial charge in [0.25, 0.3) is 0 Å². The predicted octanol–water partition coefficient (Wildman–Crippen LogP) is 1.87. The van der Waals surface area contributed by atoms with Crippen molar-refractivity contribution >= 4 is 29.9 Å². The van der Waals surface area contributed by atoms with Crippen LogP contribution in [0.15, 0.2) is 24.3 Å². The van der Waals surface area contributed by atoms with Gasteiger partial charge >= 0.3 is 0 Å². The van der Waals surface area contributed by atoms with Gasteiger partial charge in [0.15, 0.2) is 0 Å². The lowest BCUT2D eigenvalue weighted by Gasteiger charge is -2.27. The van der Waals surface area contributed by atoms with Crippen LogP contribution in [0.4, 0.5) is 0 Å². The number of amides is 1.